The zero-order valence-electron chi connectivity index (χ0n) is 28.7. The summed E-state index contributed by atoms with van der Waals surface area (Å²) in [5, 5.41) is 10.9. The van der Waals surface area contributed by atoms with Crippen LogP contribution in [-0.2, 0) is 22.4 Å². The Balaban J connectivity index is 1.38. The lowest BCUT2D eigenvalue weighted by Crippen LogP contribution is -2.43. The second-order valence-electron chi connectivity index (χ2n) is 12.6. The van der Waals surface area contributed by atoms with Gasteiger partial charge in [-0.25, -0.2) is 0 Å². The van der Waals surface area contributed by atoms with Crippen LogP contribution in [0.2, 0.25) is 0 Å². The van der Waals surface area contributed by atoms with Crippen molar-refractivity contribution in [2.75, 3.05) is 38.7 Å². The molecule has 3 aromatic carbocycles. The number of amides is 2. The van der Waals surface area contributed by atoms with Crippen molar-refractivity contribution in [3.8, 4) is 28.4 Å². The van der Waals surface area contributed by atoms with Crippen molar-refractivity contribution in [2.45, 2.75) is 63.6 Å². The number of aromatic nitrogens is 1. The first-order chi connectivity index (χ1) is 23.8. The molecule has 3 atom stereocenters. The predicted octanol–water partition coefficient (Wildman–Crippen LogP) is 6.07. The van der Waals surface area contributed by atoms with Crippen LogP contribution in [0.15, 0.2) is 53.3 Å². The van der Waals surface area contributed by atoms with E-state index in [9.17, 15) is 14.4 Å². The third-order valence-corrected chi connectivity index (χ3v) is 10.2. The van der Waals surface area contributed by atoms with Crippen LogP contribution in [0.25, 0.3) is 22.0 Å². The van der Waals surface area contributed by atoms with Crippen LogP contribution in [0.5, 0.6) is 17.2 Å². The van der Waals surface area contributed by atoms with Gasteiger partial charge >= 0.3 is 0 Å². The Kier molecular flexibility index (Phi) is 10.4. The summed E-state index contributed by atoms with van der Waals surface area (Å²) in [6, 6.07) is 14.1. The average Bonchev–Trinajstić information content (AvgIpc) is 3.33. The first-order valence-electron chi connectivity index (χ1n) is 16.7. The number of H-pyrrole nitrogens is 1. The van der Waals surface area contributed by atoms with E-state index >= 15 is 0 Å². The second kappa shape index (κ2) is 14.9. The molecular weight excluding hydrogens is 641 g/mol. The highest BCUT2D eigenvalue weighted by molar-refractivity contribution is 7.98. The summed E-state index contributed by atoms with van der Waals surface area (Å²) in [5.74, 6) is 1.83. The van der Waals surface area contributed by atoms with Crippen molar-refractivity contribution >= 4 is 40.2 Å². The van der Waals surface area contributed by atoms with Crippen molar-refractivity contribution < 1.29 is 23.8 Å². The molecule has 0 aliphatic heterocycles. The summed E-state index contributed by atoms with van der Waals surface area (Å²) >= 11 is 1.65. The molecule has 0 radical (unpaired) electrons. The van der Waals surface area contributed by atoms with Gasteiger partial charge in [-0.2, -0.15) is 11.8 Å². The van der Waals surface area contributed by atoms with Gasteiger partial charge in [-0.1, -0.05) is 24.3 Å². The summed E-state index contributed by atoms with van der Waals surface area (Å²) in [6.45, 7) is 1.47. The molecule has 0 bridgehead atoms. The minimum Gasteiger partial charge on any atom is -0.493 e. The van der Waals surface area contributed by atoms with Gasteiger partial charge in [-0.3, -0.25) is 14.4 Å². The van der Waals surface area contributed by atoms with Gasteiger partial charge in [0.1, 0.15) is 6.04 Å². The lowest BCUT2D eigenvalue weighted by Gasteiger charge is -2.27. The van der Waals surface area contributed by atoms with Gasteiger partial charge in [0.25, 0.3) is 0 Å². The van der Waals surface area contributed by atoms with E-state index in [4.69, 9.17) is 14.2 Å². The Morgan fingerprint density at radius 3 is 2.49 bits per heavy atom. The molecule has 49 heavy (non-hydrogen) atoms. The van der Waals surface area contributed by atoms with E-state index in [0.29, 0.717) is 47.8 Å². The van der Waals surface area contributed by atoms with Crippen molar-refractivity contribution in [1.82, 2.24) is 15.6 Å². The molecule has 2 aliphatic carbocycles. The van der Waals surface area contributed by atoms with Crippen LogP contribution < -0.4 is 35.6 Å². The van der Waals surface area contributed by atoms with E-state index in [0.717, 1.165) is 52.9 Å². The number of ether oxygens (including phenoxy) is 3. The van der Waals surface area contributed by atoms with Crippen LogP contribution in [-0.4, -0.2) is 56.2 Å². The third-order valence-electron chi connectivity index (χ3n) is 9.60. The number of anilines is 1. The monoisotopic (exact) mass is 684 g/mol. The predicted molar refractivity (Wildman–Crippen MR) is 195 cm³/mol. The topological polar surface area (TPSA) is 131 Å². The van der Waals surface area contributed by atoms with Gasteiger partial charge in [0.05, 0.1) is 39.1 Å². The van der Waals surface area contributed by atoms with Gasteiger partial charge in [-0.15, -0.1) is 0 Å². The zero-order chi connectivity index (χ0) is 34.7. The Bertz CT molecular complexity index is 1940. The van der Waals surface area contributed by atoms with Crippen LogP contribution in [0.1, 0.15) is 67.1 Å². The molecule has 2 aliphatic rings. The number of carbonyl (C=O) groups is 2. The number of nitrogens with one attached hydrogen (secondary N) is 4. The number of aryl methyl sites for hydroxylation is 2. The molecule has 0 saturated heterocycles. The number of aromatic amines is 1. The lowest BCUT2D eigenvalue weighted by atomic mass is 9.91. The summed E-state index contributed by atoms with van der Waals surface area (Å²) in [5.41, 5.74) is 6.52. The summed E-state index contributed by atoms with van der Waals surface area (Å²) < 4.78 is 17.3. The second-order valence-corrected chi connectivity index (χ2v) is 13.6. The van der Waals surface area contributed by atoms with E-state index in [1.165, 1.54) is 17.9 Å². The van der Waals surface area contributed by atoms with Gasteiger partial charge < -0.3 is 35.1 Å². The number of rotatable bonds is 11. The molecule has 0 spiro atoms. The third kappa shape index (κ3) is 6.81. The molecule has 2 amide bonds. The van der Waals surface area contributed by atoms with Crippen molar-refractivity contribution in [3.05, 3.63) is 81.1 Å². The summed E-state index contributed by atoms with van der Waals surface area (Å²) in [4.78, 5) is 43.9. The maximum atomic E-state index is 14.0. The number of benzene rings is 2. The molecule has 6 rings (SSSR count). The van der Waals surface area contributed by atoms with E-state index in [1.54, 1.807) is 45.2 Å². The number of para-hydroxylation sites is 1. The first kappa shape index (κ1) is 34.2. The van der Waals surface area contributed by atoms with Crippen LogP contribution in [0, 0.1) is 0 Å². The molecule has 11 heteroatoms. The summed E-state index contributed by atoms with van der Waals surface area (Å²) in [6.07, 6.45) is 6.47. The normalized spacial score (nSPS) is 17.1. The quantitative estimate of drug-likeness (QED) is 0.150. The van der Waals surface area contributed by atoms with Crippen LogP contribution in [0.3, 0.4) is 0 Å². The molecule has 258 valence electrons. The molecule has 1 heterocycles. The fourth-order valence-corrected chi connectivity index (χ4v) is 7.82. The largest absolute Gasteiger partial charge is 0.493 e. The highest BCUT2D eigenvalue weighted by Crippen LogP contribution is 2.50. The smallest absolute Gasteiger partial charge is 0.243 e. The average molecular weight is 685 g/mol. The first-order valence-corrected chi connectivity index (χ1v) is 18.1. The SMILES string of the molecule is COc1cc2c(c(OC)c1OC)-c1ccc(N[C@@H](CCSC)C(=O)N[C@H]3CCCc4c3[nH]c3ccccc43)c(=O)cc1[C@@H](NC(C)=O)CC2. The van der Waals surface area contributed by atoms with E-state index in [1.807, 2.05) is 30.5 Å². The highest BCUT2D eigenvalue weighted by Gasteiger charge is 2.31. The lowest BCUT2D eigenvalue weighted by molar-refractivity contribution is -0.123. The summed E-state index contributed by atoms with van der Waals surface area (Å²) in [7, 11) is 4.70. The molecule has 0 unspecified atom stereocenters. The van der Waals surface area contributed by atoms with Crippen molar-refractivity contribution in [3.63, 3.8) is 0 Å². The van der Waals surface area contributed by atoms with Gasteiger partial charge in [0, 0.05) is 29.1 Å². The Morgan fingerprint density at radius 2 is 1.76 bits per heavy atom. The van der Waals surface area contributed by atoms with Gasteiger partial charge in [0.2, 0.25) is 23.0 Å². The van der Waals surface area contributed by atoms with Crippen molar-refractivity contribution in [2.24, 2.45) is 0 Å². The number of thioether (sulfide) groups is 1. The standard InChI is InChI=1S/C38H44N4O6S/c1-21(43)39-28-15-13-22-19-33(46-2)36(47-3)37(48-4)34(22)24-14-16-29(32(44)20-26(24)28)40-31(17-18-49-5)38(45)42-30-12-8-10-25-23-9-6-7-11-27(23)41-35(25)30/h6-7,9,11,14,16,19-20,28,30-31,41H,8,10,12-13,15,17-18H2,1-5H3,(H,39,43)(H,40,44)(H,42,45)/t28-,30-,31-/m0/s1. The molecule has 4 aromatic rings. The van der Waals surface area contributed by atoms with E-state index < -0.39 is 12.1 Å². The number of fused-ring (bicyclic) bond motifs is 6. The Labute approximate surface area is 290 Å². The molecular formula is C38H44N4O6S. The molecule has 1 aromatic heterocycles. The van der Waals surface area contributed by atoms with E-state index in [-0.39, 0.29) is 23.3 Å². The van der Waals surface area contributed by atoms with Crippen LogP contribution >= 0.6 is 11.8 Å². The fourth-order valence-electron chi connectivity index (χ4n) is 7.35. The number of hydrogen-bond donors (Lipinski definition) is 4. The van der Waals surface area contributed by atoms with Gasteiger partial charge in [0.15, 0.2) is 11.5 Å². The zero-order valence-corrected chi connectivity index (χ0v) is 29.5. The maximum absolute atomic E-state index is 14.0. The minimum absolute atomic E-state index is 0.147. The highest BCUT2D eigenvalue weighted by atomic mass is 32.2. The number of carbonyl (C=O) groups excluding carboxylic acids is 2. The number of hydrogen-bond acceptors (Lipinski definition) is 8. The van der Waals surface area contributed by atoms with E-state index in [2.05, 4.69) is 33.1 Å². The molecule has 4 N–H and O–H groups in total. The molecule has 0 saturated carbocycles. The maximum Gasteiger partial charge on any atom is 0.243 e. The van der Waals surface area contributed by atoms with Gasteiger partial charge in [-0.05, 0) is 97.1 Å². The fraction of sp³-hybridized carbons (Fsp3) is 0.395. The van der Waals surface area contributed by atoms with Crippen molar-refractivity contribution in [1.29, 1.82) is 0 Å². The Morgan fingerprint density at radius 1 is 0.959 bits per heavy atom. The Hall–Kier alpha value is -4.64. The minimum atomic E-state index is -0.644. The molecule has 10 nitrogen and oxygen atoms in total. The van der Waals surface area contributed by atoms with Crippen LogP contribution in [0.4, 0.5) is 5.69 Å². The molecule has 0 fully saturated rings. The number of methoxy groups -OCH3 is 3.